The first kappa shape index (κ1) is 39.7. The van der Waals surface area contributed by atoms with Crippen molar-refractivity contribution in [1.82, 2.24) is 29.6 Å². The van der Waals surface area contributed by atoms with Crippen LogP contribution in [0.2, 0.25) is 0 Å². The molecule has 320 valence electrons. The van der Waals surface area contributed by atoms with E-state index in [2.05, 4.69) is 60.2 Å². The normalized spacial score (nSPS) is 22.0. The molecular weight excluding hydrogens is 773 g/mol. The first-order chi connectivity index (χ1) is 29.6. The molecule has 0 aliphatic carbocycles. The number of hydrogen-bond donors (Lipinski definition) is 1. The fraction of sp³-hybridized carbons (Fsp3) is 0.511. The van der Waals surface area contributed by atoms with E-state index < -0.39 is 6.04 Å². The van der Waals surface area contributed by atoms with E-state index in [1.165, 1.54) is 12.8 Å². The number of pyridine rings is 2. The highest BCUT2D eigenvalue weighted by molar-refractivity contribution is 6.05. The number of methoxy groups -OCH3 is 2. The smallest absolute Gasteiger partial charge is 0.259 e. The largest absolute Gasteiger partial charge is 0.496 e. The number of amides is 3. The lowest BCUT2D eigenvalue weighted by Gasteiger charge is -2.55. The lowest BCUT2D eigenvalue weighted by atomic mass is 9.71. The van der Waals surface area contributed by atoms with E-state index >= 15 is 0 Å². The summed E-state index contributed by atoms with van der Waals surface area (Å²) in [5, 5.41) is 3.88. The third kappa shape index (κ3) is 7.30. The number of imide groups is 1. The molecule has 1 spiro atoms. The summed E-state index contributed by atoms with van der Waals surface area (Å²) >= 11 is 0. The molecule has 8 heterocycles. The first-order valence-corrected chi connectivity index (χ1v) is 22.1. The van der Waals surface area contributed by atoms with Crippen LogP contribution in [0.15, 0.2) is 53.6 Å². The third-order valence-electron chi connectivity index (χ3n) is 14.6. The number of anilines is 2. The van der Waals surface area contributed by atoms with Crippen LogP contribution in [0.25, 0.3) is 21.9 Å². The zero-order valence-electron chi connectivity index (χ0n) is 35.6. The summed E-state index contributed by atoms with van der Waals surface area (Å²) in [5.41, 5.74) is 5.99. The van der Waals surface area contributed by atoms with Gasteiger partial charge in [-0.2, -0.15) is 0 Å². The molecule has 10 rings (SSSR count). The molecule has 6 aliphatic rings. The van der Waals surface area contributed by atoms with E-state index in [1.54, 1.807) is 36.9 Å². The van der Waals surface area contributed by atoms with Crippen molar-refractivity contribution in [3.8, 4) is 22.6 Å². The number of aryl methyl sites for hydroxylation is 1. The first-order valence-electron chi connectivity index (χ1n) is 22.1. The van der Waals surface area contributed by atoms with Crippen LogP contribution in [0.4, 0.5) is 11.5 Å². The van der Waals surface area contributed by atoms with Gasteiger partial charge in [-0.1, -0.05) is 0 Å². The number of nitrogens with zero attached hydrogens (tertiary/aromatic N) is 7. The monoisotopic (exact) mass is 828 g/mol. The third-order valence-corrected chi connectivity index (χ3v) is 14.6. The SMILES string of the molecule is COc1cc(-c2cn(C)c(=O)c3cnc(N4CCC4)cc23)cc(OC)c1CN1CCC(CN2CCC3(CC2)CN(c2ccc4c(c2)CN(C2CCC(=O)NC2=O)C4=O)C3)CC1. The second-order valence-corrected chi connectivity index (χ2v) is 18.4. The highest BCUT2D eigenvalue weighted by Crippen LogP contribution is 2.44. The topological polar surface area (TPSA) is 133 Å². The number of benzene rings is 2. The van der Waals surface area contributed by atoms with E-state index in [0.29, 0.717) is 35.2 Å². The quantitative estimate of drug-likeness (QED) is 0.228. The molecule has 4 aromatic rings. The lowest BCUT2D eigenvalue weighted by Crippen LogP contribution is -2.60. The number of piperidine rings is 3. The maximum atomic E-state index is 13.2. The van der Waals surface area contributed by atoms with Crippen molar-refractivity contribution >= 4 is 40.0 Å². The number of carbonyl (C=O) groups is 3. The molecule has 14 nitrogen and oxygen atoms in total. The van der Waals surface area contributed by atoms with E-state index in [1.807, 2.05) is 12.3 Å². The second kappa shape index (κ2) is 15.8. The number of rotatable bonds is 10. The summed E-state index contributed by atoms with van der Waals surface area (Å²) in [7, 11) is 5.23. The Morgan fingerprint density at radius 1 is 0.820 bits per heavy atom. The Hall–Kier alpha value is -5.47. The Labute approximate surface area is 356 Å². The van der Waals surface area contributed by atoms with Crippen molar-refractivity contribution in [3.63, 3.8) is 0 Å². The molecule has 5 saturated heterocycles. The summed E-state index contributed by atoms with van der Waals surface area (Å²) in [5.74, 6) is 2.39. The molecule has 14 heteroatoms. The standard InChI is InChI=1S/C47H56N8O6/c1-50-26-37(35-22-42(53-13-4-14-53)48-23-36(35)45(50)58)31-20-40(60-2)38(41(21-31)61-3)27-51-15-9-30(10-16-51)24-52-17-11-47(12-18-52)28-54(29-47)33-5-6-34-32(19-33)25-55(46(34)59)39-7-8-43(56)49-44(39)57/h5-6,19-23,26,30,39H,4,7-18,24-25,27-29H2,1-3H3,(H,49,56,57). The van der Waals surface area contributed by atoms with Crippen LogP contribution in [0.1, 0.15) is 66.4 Å². The number of ether oxygens (including phenoxy) is 2. The van der Waals surface area contributed by atoms with Gasteiger partial charge in [0.05, 0.1) is 25.2 Å². The molecule has 2 aromatic carbocycles. The van der Waals surface area contributed by atoms with E-state index in [9.17, 15) is 19.2 Å². The highest BCUT2D eigenvalue weighted by atomic mass is 16.5. The van der Waals surface area contributed by atoms with Gasteiger partial charge in [0, 0.05) is 99.3 Å². The zero-order chi connectivity index (χ0) is 42.0. The molecule has 1 atom stereocenters. The molecule has 61 heavy (non-hydrogen) atoms. The van der Waals surface area contributed by atoms with Crippen LogP contribution >= 0.6 is 0 Å². The summed E-state index contributed by atoms with van der Waals surface area (Å²) < 4.78 is 13.7. The predicted molar refractivity (Wildman–Crippen MR) is 233 cm³/mol. The van der Waals surface area contributed by atoms with E-state index in [4.69, 9.17) is 9.47 Å². The van der Waals surface area contributed by atoms with Gasteiger partial charge in [-0.05, 0) is 118 Å². The molecular formula is C47H56N8O6. The number of carbonyl (C=O) groups excluding carboxylic acids is 3. The summed E-state index contributed by atoms with van der Waals surface area (Å²) in [4.78, 5) is 66.6. The maximum absolute atomic E-state index is 13.2. The summed E-state index contributed by atoms with van der Waals surface area (Å²) in [6.45, 7) is 10.7. The highest BCUT2D eigenvalue weighted by Gasteiger charge is 2.46. The fourth-order valence-corrected chi connectivity index (χ4v) is 10.7. The number of hydrogen-bond acceptors (Lipinski definition) is 11. The average Bonchev–Trinajstić information content (AvgIpc) is 3.56. The van der Waals surface area contributed by atoms with Gasteiger partial charge in [0.25, 0.3) is 11.5 Å². The second-order valence-electron chi connectivity index (χ2n) is 18.4. The Kier molecular flexibility index (Phi) is 10.3. The van der Waals surface area contributed by atoms with Gasteiger partial charge in [0.1, 0.15) is 23.4 Å². The number of nitrogens with one attached hydrogen (secondary N) is 1. The minimum absolute atomic E-state index is 0.0632. The Morgan fingerprint density at radius 3 is 2.23 bits per heavy atom. The molecule has 0 bridgehead atoms. The molecule has 0 saturated carbocycles. The number of aromatic nitrogens is 2. The van der Waals surface area contributed by atoms with E-state index in [-0.39, 0.29) is 29.7 Å². The molecule has 6 aliphatic heterocycles. The van der Waals surface area contributed by atoms with Gasteiger partial charge in [-0.25, -0.2) is 4.98 Å². The predicted octanol–water partition coefficient (Wildman–Crippen LogP) is 4.40. The lowest BCUT2D eigenvalue weighted by molar-refractivity contribution is -0.136. The van der Waals surface area contributed by atoms with Crippen LogP contribution in [0.5, 0.6) is 11.5 Å². The molecule has 3 amide bonds. The minimum atomic E-state index is -0.590. The van der Waals surface area contributed by atoms with Gasteiger partial charge in [0.15, 0.2) is 0 Å². The van der Waals surface area contributed by atoms with Crippen LogP contribution in [-0.2, 0) is 29.7 Å². The molecule has 1 unspecified atom stereocenters. The van der Waals surface area contributed by atoms with Crippen molar-refractivity contribution in [1.29, 1.82) is 0 Å². The van der Waals surface area contributed by atoms with Gasteiger partial charge in [-0.15, -0.1) is 0 Å². The zero-order valence-corrected chi connectivity index (χ0v) is 35.6. The minimum Gasteiger partial charge on any atom is -0.496 e. The molecule has 1 N–H and O–H groups in total. The number of likely N-dealkylation sites (tertiary alicyclic amines) is 2. The van der Waals surface area contributed by atoms with Crippen LogP contribution in [0.3, 0.4) is 0 Å². The van der Waals surface area contributed by atoms with Crippen molar-refractivity contribution in [3.05, 3.63) is 75.8 Å². The van der Waals surface area contributed by atoms with Crippen molar-refractivity contribution in [2.75, 3.05) is 82.9 Å². The average molecular weight is 829 g/mol. The van der Waals surface area contributed by atoms with Gasteiger partial charge < -0.3 is 33.6 Å². The Balaban J connectivity index is 0.726. The van der Waals surface area contributed by atoms with Crippen molar-refractivity contribution in [2.45, 2.75) is 64.1 Å². The van der Waals surface area contributed by atoms with Crippen molar-refractivity contribution in [2.24, 2.45) is 18.4 Å². The van der Waals surface area contributed by atoms with Gasteiger partial charge in [0.2, 0.25) is 11.8 Å². The van der Waals surface area contributed by atoms with Crippen LogP contribution in [0, 0.1) is 11.3 Å². The fourth-order valence-electron chi connectivity index (χ4n) is 10.7. The molecule has 5 fully saturated rings. The van der Waals surface area contributed by atoms with Crippen LogP contribution in [-0.4, -0.2) is 121 Å². The molecule has 0 radical (unpaired) electrons. The Bertz CT molecular complexity index is 2430. The van der Waals surface area contributed by atoms with Gasteiger partial charge >= 0.3 is 0 Å². The number of fused-ring (bicyclic) bond motifs is 2. The van der Waals surface area contributed by atoms with Crippen molar-refractivity contribution < 1.29 is 23.9 Å². The Morgan fingerprint density at radius 2 is 1.56 bits per heavy atom. The van der Waals surface area contributed by atoms with Gasteiger partial charge in [-0.3, -0.25) is 29.4 Å². The maximum Gasteiger partial charge on any atom is 0.259 e. The summed E-state index contributed by atoms with van der Waals surface area (Å²) in [6.07, 6.45) is 10.2. The van der Waals surface area contributed by atoms with Crippen LogP contribution < -0.4 is 30.1 Å². The summed E-state index contributed by atoms with van der Waals surface area (Å²) in [6, 6.07) is 11.7. The molecule has 2 aromatic heterocycles. The van der Waals surface area contributed by atoms with E-state index in [0.717, 1.165) is 135 Å².